The lowest BCUT2D eigenvalue weighted by atomic mass is 10.3. The highest BCUT2D eigenvalue weighted by Gasteiger charge is 2.24. The van der Waals surface area contributed by atoms with E-state index in [2.05, 4.69) is 4.72 Å². The molecule has 1 aromatic carbocycles. The third-order valence-corrected chi connectivity index (χ3v) is 7.00. The van der Waals surface area contributed by atoms with Crippen molar-refractivity contribution >= 4 is 44.7 Å². The van der Waals surface area contributed by atoms with E-state index >= 15 is 0 Å². The average molecular weight is 399 g/mol. The van der Waals surface area contributed by atoms with Crippen molar-refractivity contribution in [1.29, 1.82) is 0 Å². The maximum atomic E-state index is 12.7. The molecule has 1 saturated heterocycles. The van der Waals surface area contributed by atoms with Crippen LogP contribution in [0.15, 0.2) is 40.6 Å². The van der Waals surface area contributed by atoms with Gasteiger partial charge < -0.3 is 9.64 Å². The fourth-order valence-electron chi connectivity index (χ4n) is 2.42. The van der Waals surface area contributed by atoms with E-state index in [-0.39, 0.29) is 10.8 Å². The standard InChI is InChI=1S/C16H18N2O4S3/c1-22-12-2-4-13(5-3-12)25(20,21)17-14-6-9-24-15(14)16(19)18-7-10-23-11-8-18/h2-6,9,17H,7-8,10-11H2,1H3. The molecule has 1 aromatic heterocycles. The van der Waals surface area contributed by atoms with Gasteiger partial charge in [0.25, 0.3) is 15.9 Å². The van der Waals surface area contributed by atoms with Crippen LogP contribution >= 0.6 is 23.1 Å². The molecular weight excluding hydrogens is 380 g/mol. The lowest BCUT2D eigenvalue weighted by Gasteiger charge is -2.26. The molecule has 0 atom stereocenters. The zero-order chi connectivity index (χ0) is 17.9. The van der Waals surface area contributed by atoms with Crippen molar-refractivity contribution in [2.75, 3.05) is 36.4 Å². The first kappa shape index (κ1) is 18.1. The summed E-state index contributed by atoms with van der Waals surface area (Å²) in [5.74, 6) is 2.27. The Hall–Kier alpha value is -1.71. The number of carbonyl (C=O) groups excluding carboxylic acids is 1. The summed E-state index contributed by atoms with van der Waals surface area (Å²) in [5.41, 5.74) is 0.323. The largest absolute Gasteiger partial charge is 0.497 e. The molecule has 0 aliphatic carbocycles. The Morgan fingerprint density at radius 3 is 2.48 bits per heavy atom. The first-order chi connectivity index (χ1) is 12.0. The number of thioether (sulfide) groups is 1. The van der Waals surface area contributed by atoms with E-state index in [9.17, 15) is 13.2 Å². The van der Waals surface area contributed by atoms with Crippen LogP contribution < -0.4 is 9.46 Å². The van der Waals surface area contributed by atoms with Gasteiger partial charge in [-0.3, -0.25) is 9.52 Å². The van der Waals surface area contributed by atoms with E-state index in [0.717, 1.165) is 11.5 Å². The van der Waals surface area contributed by atoms with E-state index in [4.69, 9.17) is 4.74 Å². The van der Waals surface area contributed by atoms with Crippen molar-refractivity contribution in [2.45, 2.75) is 4.90 Å². The van der Waals surface area contributed by atoms with E-state index in [1.807, 2.05) is 11.8 Å². The van der Waals surface area contributed by atoms with Crippen molar-refractivity contribution < 1.29 is 17.9 Å². The molecule has 6 nitrogen and oxygen atoms in total. The summed E-state index contributed by atoms with van der Waals surface area (Å²) in [5, 5.41) is 1.72. The highest BCUT2D eigenvalue weighted by Crippen LogP contribution is 2.28. The third kappa shape index (κ3) is 4.10. The average Bonchev–Trinajstić information content (AvgIpc) is 3.09. The predicted molar refractivity (Wildman–Crippen MR) is 101 cm³/mol. The molecule has 9 heteroatoms. The maximum Gasteiger partial charge on any atom is 0.266 e. The predicted octanol–water partition coefficient (Wildman–Crippen LogP) is 2.75. The lowest BCUT2D eigenvalue weighted by molar-refractivity contribution is 0.0778. The second-order valence-corrected chi connectivity index (χ2v) is 9.17. The number of nitrogens with one attached hydrogen (secondary N) is 1. The van der Waals surface area contributed by atoms with Gasteiger partial charge >= 0.3 is 0 Å². The molecule has 25 heavy (non-hydrogen) atoms. The van der Waals surface area contributed by atoms with Gasteiger partial charge in [-0.25, -0.2) is 8.42 Å². The van der Waals surface area contributed by atoms with Gasteiger partial charge in [-0.1, -0.05) is 0 Å². The van der Waals surface area contributed by atoms with Crippen LogP contribution in [-0.4, -0.2) is 50.9 Å². The smallest absolute Gasteiger partial charge is 0.266 e. The molecule has 3 rings (SSSR count). The Labute approximate surface area is 155 Å². The minimum absolute atomic E-state index is 0.118. The summed E-state index contributed by atoms with van der Waals surface area (Å²) < 4.78 is 32.7. The van der Waals surface area contributed by atoms with Gasteiger partial charge in [-0.2, -0.15) is 11.8 Å². The molecule has 1 fully saturated rings. The fraction of sp³-hybridized carbons (Fsp3) is 0.312. The second-order valence-electron chi connectivity index (χ2n) is 5.35. The number of ether oxygens (including phenoxy) is 1. The summed E-state index contributed by atoms with van der Waals surface area (Å²) >= 11 is 3.06. The molecule has 134 valence electrons. The number of benzene rings is 1. The molecule has 0 radical (unpaired) electrons. The van der Waals surface area contributed by atoms with Crippen LogP contribution in [0.1, 0.15) is 9.67 Å². The molecule has 1 aliphatic rings. The highest BCUT2D eigenvalue weighted by molar-refractivity contribution is 7.99. The number of rotatable bonds is 5. The summed E-state index contributed by atoms with van der Waals surface area (Å²) in [7, 11) is -2.25. The van der Waals surface area contributed by atoms with Crippen molar-refractivity contribution in [3.63, 3.8) is 0 Å². The SMILES string of the molecule is COc1ccc(S(=O)(=O)Nc2ccsc2C(=O)N2CCSCC2)cc1. The van der Waals surface area contributed by atoms with Crippen molar-refractivity contribution in [3.8, 4) is 5.75 Å². The van der Waals surface area contributed by atoms with E-state index < -0.39 is 10.0 Å². The molecule has 0 bridgehead atoms. The molecule has 1 N–H and O–H groups in total. The van der Waals surface area contributed by atoms with Gasteiger partial charge in [-0.15, -0.1) is 11.3 Å². The lowest BCUT2D eigenvalue weighted by Crippen LogP contribution is -2.37. The summed E-state index contributed by atoms with van der Waals surface area (Å²) in [4.78, 5) is 15.0. The number of sulfonamides is 1. The summed E-state index contributed by atoms with van der Waals surface area (Å²) in [6.45, 7) is 1.37. The zero-order valence-corrected chi connectivity index (χ0v) is 16.0. The quantitative estimate of drug-likeness (QED) is 0.838. The van der Waals surface area contributed by atoms with E-state index in [1.165, 1.54) is 30.6 Å². The molecule has 1 amide bonds. The highest BCUT2D eigenvalue weighted by atomic mass is 32.2. The molecular formula is C16H18N2O4S3. The topological polar surface area (TPSA) is 75.7 Å². The van der Waals surface area contributed by atoms with Gasteiger partial charge in [0, 0.05) is 24.6 Å². The van der Waals surface area contributed by atoms with Crippen LogP contribution in [-0.2, 0) is 10.0 Å². The van der Waals surface area contributed by atoms with Crippen LogP contribution in [0.3, 0.4) is 0 Å². The Bertz CT molecular complexity index is 841. The van der Waals surface area contributed by atoms with Crippen LogP contribution in [0.2, 0.25) is 0 Å². The molecule has 2 heterocycles. The van der Waals surface area contributed by atoms with E-state index in [0.29, 0.717) is 29.4 Å². The van der Waals surface area contributed by atoms with Gasteiger partial charge in [-0.05, 0) is 35.7 Å². The third-order valence-electron chi connectivity index (χ3n) is 3.77. The van der Waals surface area contributed by atoms with Gasteiger partial charge in [0.05, 0.1) is 17.7 Å². The van der Waals surface area contributed by atoms with Crippen LogP contribution in [0.5, 0.6) is 5.75 Å². The van der Waals surface area contributed by atoms with Crippen molar-refractivity contribution in [1.82, 2.24) is 4.90 Å². The van der Waals surface area contributed by atoms with Crippen LogP contribution in [0, 0.1) is 0 Å². The molecule has 0 unspecified atom stereocenters. The summed E-state index contributed by atoms with van der Waals surface area (Å²) in [6, 6.07) is 7.73. The van der Waals surface area contributed by atoms with E-state index in [1.54, 1.807) is 28.5 Å². The minimum atomic E-state index is -3.77. The number of anilines is 1. The number of amides is 1. The van der Waals surface area contributed by atoms with Gasteiger partial charge in [0.1, 0.15) is 10.6 Å². The summed E-state index contributed by atoms with van der Waals surface area (Å²) in [6.07, 6.45) is 0. The number of methoxy groups -OCH3 is 1. The molecule has 0 spiro atoms. The Morgan fingerprint density at radius 1 is 1.16 bits per heavy atom. The Balaban J connectivity index is 1.80. The second kappa shape index (κ2) is 7.67. The van der Waals surface area contributed by atoms with Crippen LogP contribution in [0.25, 0.3) is 0 Å². The maximum absolute atomic E-state index is 12.7. The van der Waals surface area contributed by atoms with Gasteiger partial charge in [0.2, 0.25) is 0 Å². The number of hydrogen-bond acceptors (Lipinski definition) is 6. The number of carbonyl (C=O) groups is 1. The van der Waals surface area contributed by atoms with Crippen molar-refractivity contribution in [2.24, 2.45) is 0 Å². The fourth-order valence-corrected chi connectivity index (χ4v) is 5.28. The Morgan fingerprint density at radius 2 is 1.84 bits per heavy atom. The van der Waals surface area contributed by atoms with Crippen LogP contribution in [0.4, 0.5) is 5.69 Å². The normalized spacial score (nSPS) is 15.0. The number of thiophene rings is 1. The first-order valence-corrected chi connectivity index (χ1v) is 11.1. The number of nitrogens with zero attached hydrogens (tertiary/aromatic N) is 1. The molecule has 1 aliphatic heterocycles. The Kier molecular flexibility index (Phi) is 5.55. The minimum Gasteiger partial charge on any atom is -0.497 e. The monoisotopic (exact) mass is 398 g/mol. The first-order valence-electron chi connectivity index (χ1n) is 7.62. The zero-order valence-electron chi connectivity index (χ0n) is 13.6. The molecule has 2 aromatic rings. The van der Waals surface area contributed by atoms with Gasteiger partial charge in [0.15, 0.2) is 0 Å². The number of hydrogen-bond donors (Lipinski definition) is 1. The van der Waals surface area contributed by atoms with Crippen molar-refractivity contribution in [3.05, 3.63) is 40.6 Å². The molecule has 0 saturated carbocycles.